The number of aromatic hydroxyl groups is 1. The Bertz CT molecular complexity index is 665. The second-order valence-corrected chi connectivity index (χ2v) is 5.28. The maximum Gasteiger partial charge on any atom is 0.223 e. The molecular formula is C17H18N2O2. The number of nitrogens with zero attached hydrogens (tertiary/aromatic N) is 1. The molecule has 4 nitrogen and oxygen atoms in total. The van der Waals surface area contributed by atoms with Gasteiger partial charge in [0.2, 0.25) is 5.91 Å². The summed E-state index contributed by atoms with van der Waals surface area (Å²) in [5.74, 6) is 0.374. The van der Waals surface area contributed by atoms with Crippen molar-refractivity contribution in [3.05, 3.63) is 53.6 Å². The van der Waals surface area contributed by atoms with Crippen LogP contribution in [-0.4, -0.2) is 17.6 Å². The summed E-state index contributed by atoms with van der Waals surface area (Å²) in [7, 11) is 0. The molecule has 1 aliphatic rings. The predicted octanol–water partition coefficient (Wildman–Crippen LogP) is 2.91. The highest BCUT2D eigenvalue weighted by molar-refractivity contribution is 5.94. The number of phenols is 1. The quantitative estimate of drug-likeness (QED) is 0.910. The van der Waals surface area contributed by atoms with Crippen molar-refractivity contribution in [2.24, 2.45) is 0 Å². The number of anilines is 2. The van der Waals surface area contributed by atoms with Gasteiger partial charge in [-0.15, -0.1) is 0 Å². The fourth-order valence-corrected chi connectivity index (χ4v) is 2.66. The van der Waals surface area contributed by atoms with E-state index >= 15 is 0 Å². The van der Waals surface area contributed by atoms with Gasteiger partial charge in [-0.05, 0) is 47.9 Å². The van der Waals surface area contributed by atoms with Crippen LogP contribution in [0.5, 0.6) is 5.75 Å². The van der Waals surface area contributed by atoms with Gasteiger partial charge in [-0.3, -0.25) is 4.79 Å². The number of hydrogen-bond donors (Lipinski definition) is 2. The van der Waals surface area contributed by atoms with Crippen LogP contribution in [0, 0.1) is 0 Å². The molecule has 1 heterocycles. The van der Waals surface area contributed by atoms with Crippen LogP contribution in [0.3, 0.4) is 0 Å². The van der Waals surface area contributed by atoms with E-state index in [9.17, 15) is 9.90 Å². The maximum atomic E-state index is 11.5. The molecule has 2 aromatic carbocycles. The Morgan fingerprint density at radius 1 is 1.24 bits per heavy atom. The highest BCUT2D eigenvalue weighted by Gasteiger charge is 2.21. The minimum absolute atomic E-state index is 0.0959. The first-order chi connectivity index (χ1) is 10.1. The molecule has 0 atom stereocenters. The molecule has 21 heavy (non-hydrogen) atoms. The Labute approximate surface area is 124 Å². The van der Waals surface area contributed by atoms with E-state index in [1.165, 1.54) is 5.56 Å². The molecule has 0 aromatic heterocycles. The van der Waals surface area contributed by atoms with Gasteiger partial charge in [0.1, 0.15) is 5.75 Å². The van der Waals surface area contributed by atoms with E-state index in [1.54, 1.807) is 19.1 Å². The average molecular weight is 282 g/mol. The summed E-state index contributed by atoms with van der Waals surface area (Å²) < 4.78 is 0. The molecule has 0 saturated heterocycles. The fourth-order valence-electron chi connectivity index (χ4n) is 2.66. The summed E-state index contributed by atoms with van der Waals surface area (Å²) in [5, 5.41) is 12.6. The molecule has 0 spiro atoms. The second-order valence-electron chi connectivity index (χ2n) is 5.28. The zero-order chi connectivity index (χ0) is 14.8. The van der Waals surface area contributed by atoms with Gasteiger partial charge in [-0.1, -0.05) is 12.1 Å². The van der Waals surface area contributed by atoms with E-state index in [1.807, 2.05) is 29.2 Å². The molecule has 0 saturated carbocycles. The van der Waals surface area contributed by atoms with E-state index in [4.69, 9.17) is 0 Å². The van der Waals surface area contributed by atoms with Gasteiger partial charge in [0.25, 0.3) is 0 Å². The molecule has 0 radical (unpaired) electrons. The number of carbonyl (C=O) groups excluding carboxylic acids is 1. The van der Waals surface area contributed by atoms with Gasteiger partial charge in [0.05, 0.1) is 0 Å². The topological polar surface area (TPSA) is 52.6 Å². The number of rotatable bonds is 3. The number of carbonyl (C=O) groups is 1. The number of hydrogen-bond acceptors (Lipinski definition) is 3. The van der Waals surface area contributed by atoms with Gasteiger partial charge >= 0.3 is 0 Å². The summed E-state index contributed by atoms with van der Waals surface area (Å²) in [5.41, 5.74) is 4.39. The molecular weight excluding hydrogens is 264 g/mol. The maximum absolute atomic E-state index is 11.5. The standard InChI is InChI=1S/C17H18N2O2/c1-12(20)19-9-8-14-10-15(4-7-17(14)19)18-11-13-2-5-16(21)6-3-13/h2-7,10,18,21H,8-9,11H2,1H3. The average Bonchev–Trinajstić information content (AvgIpc) is 2.90. The Kier molecular flexibility index (Phi) is 3.52. The van der Waals surface area contributed by atoms with Crippen molar-refractivity contribution in [2.45, 2.75) is 19.9 Å². The molecule has 108 valence electrons. The minimum Gasteiger partial charge on any atom is -0.508 e. The molecule has 2 N–H and O–H groups in total. The van der Waals surface area contributed by atoms with E-state index in [2.05, 4.69) is 11.4 Å². The summed E-state index contributed by atoms with van der Waals surface area (Å²) >= 11 is 0. The monoisotopic (exact) mass is 282 g/mol. The lowest BCUT2D eigenvalue weighted by Gasteiger charge is -2.15. The normalized spacial score (nSPS) is 13.1. The van der Waals surface area contributed by atoms with Crippen LogP contribution in [0.4, 0.5) is 11.4 Å². The molecule has 4 heteroatoms. The lowest BCUT2D eigenvalue weighted by molar-refractivity contribution is -0.116. The van der Waals surface area contributed by atoms with Crippen LogP contribution < -0.4 is 10.2 Å². The summed E-state index contributed by atoms with van der Waals surface area (Å²) in [6.07, 6.45) is 0.906. The first-order valence-corrected chi connectivity index (χ1v) is 7.06. The molecule has 0 unspecified atom stereocenters. The van der Waals surface area contributed by atoms with Gasteiger partial charge in [-0.25, -0.2) is 0 Å². The Morgan fingerprint density at radius 2 is 2.00 bits per heavy atom. The lowest BCUT2D eigenvalue weighted by atomic mass is 10.1. The molecule has 1 amide bonds. The number of phenolic OH excluding ortho intramolecular Hbond substituents is 1. The Hall–Kier alpha value is -2.49. The van der Waals surface area contributed by atoms with Crippen LogP contribution in [0.1, 0.15) is 18.1 Å². The van der Waals surface area contributed by atoms with Crippen molar-refractivity contribution in [1.82, 2.24) is 0 Å². The molecule has 2 aromatic rings. The van der Waals surface area contributed by atoms with Crippen LogP contribution in [0.15, 0.2) is 42.5 Å². The van der Waals surface area contributed by atoms with Crippen LogP contribution in [0.25, 0.3) is 0 Å². The number of fused-ring (bicyclic) bond motifs is 1. The molecule has 0 bridgehead atoms. The van der Waals surface area contributed by atoms with Crippen molar-refractivity contribution in [3.8, 4) is 5.75 Å². The first kappa shape index (κ1) is 13.5. The SMILES string of the molecule is CC(=O)N1CCc2cc(NCc3ccc(O)cc3)ccc21. The van der Waals surface area contributed by atoms with Crippen molar-refractivity contribution >= 4 is 17.3 Å². The third-order valence-corrected chi connectivity index (χ3v) is 3.79. The Balaban J connectivity index is 1.70. The van der Waals surface area contributed by atoms with E-state index in [0.717, 1.165) is 29.9 Å². The van der Waals surface area contributed by atoms with Gasteiger partial charge in [-0.2, -0.15) is 0 Å². The van der Waals surface area contributed by atoms with Crippen LogP contribution in [-0.2, 0) is 17.8 Å². The summed E-state index contributed by atoms with van der Waals surface area (Å²) in [4.78, 5) is 13.3. The second kappa shape index (κ2) is 5.48. The van der Waals surface area contributed by atoms with Crippen molar-refractivity contribution in [2.75, 3.05) is 16.8 Å². The molecule has 3 rings (SSSR count). The summed E-state index contributed by atoms with van der Waals surface area (Å²) in [6.45, 7) is 3.08. The fraction of sp³-hybridized carbons (Fsp3) is 0.235. The smallest absolute Gasteiger partial charge is 0.223 e. The zero-order valence-corrected chi connectivity index (χ0v) is 12.0. The minimum atomic E-state index is 0.0959. The third kappa shape index (κ3) is 2.84. The highest BCUT2D eigenvalue weighted by Crippen LogP contribution is 2.30. The predicted molar refractivity (Wildman–Crippen MR) is 83.6 cm³/mol. The number of benzene rings is 2. The Morgan fingerprint density at radius 3 is 2.71 bits per heavy atom. The van der Waals surface area contributed by atoms with E-state index in [0.29, 0.717) is 6.54 Å². The molecule has 1 aliphatic heterocycles. The van der Waals surface area contributed by atoms with Crippen molar-refractivity contribution < 1.29 is 9.90 Å². The van der Waals surface area contributed by atoms with Gasteiger partial charge < -0.3 is 15.3 Å². The zero-order valence-electron chi connectivity index (χ0n) is 12.0. The largest absolute Gasteiger partial charge is 0.508 e. The number of amides is 1. The van der Waals surface area contributed by atoms with Gasteiger partial charge in [0, 0.05) is 31.4 Å². The van der Waals surface area contributed by atoms with Crippen LogP contribution in [0.2, 0.25) is 0 Å². The first-order valence-electron chi connectivity index (χ1n) is 7.06. The van der Waals surface area contributed by atoms with Crippen LogP contribution >= 0.6 is 0 Å². The molecule has 0 aliphatic carbocycles. The summed E-state index contributed by atoms with van der Waals surface area (Å²) in [6, 6.07) is 13.3. The third-order valence-electron chi connectivity index (χ3n) is 3.79. The van der Waals surface area contributed by atoms with Crippen molar-refractivity contribution in [3.63, 3.8) is 0 Å². The van der Waals surface area contributed by atoms with E-state index < -0.39 is 0 Å². The number of nitrogens with one attached hydrogen (secondary N) is 1. The lowest BCUT2D eigenvalue weighted by Crippen LogP contribution is -2.25. The van der Waals surface area contributed by atoms with Gasteiger partial charge in [0.15, 0.2) is 0 Å². The molecule has 0 fully saturated rings. The van der Waals surface area contributed by atoms with E-state index in [-0.39, 0.29) is 11.7 Å². The van der Waals surface area contributed by atoms with Crippen molar-refractivity contribution in [1.29, 1.82) is 0 Å². The highest BCUT2D eigenvalue weighted by atomic mass is 16.3.